The van der Waals surface area contributed by atoms with Crippen molar-refractivity contribution >= 4 is 21.7 Å². The number of ether oxygens (including phenoxy) is 1. The van der Waals surface area contributed by atoms with E-state index in [0.717, 1.165) is 29.0 Å². The molecule has 3 rings (SSSR count). The van der Waals surface area contributed by atoms with Crippen LogP contribution in [0.3, 0.4) is 0 Å². The molecule has 0 spiro atoms. The first kappa shape index (κ1) is 11.5. The molecule has 1 atom stereocenters. The van der Waals surface area contributed by atoms with Gasteiger partial charge in [-0.15, -0.1) is 0 Å². The molecule has 1 aromatic heterocycles. The van der Waals surface area contributed by atoms with E-state index in [0.29, 0.717) is 0 Å². The fourth-order valence-electron chi connectivity index (χ4n) is 2.07. The summed E-state index contributed by atoms with van der Waals surface area (Å²) in [6, 6.07) is 12.1. The van der Waals surface area contributed by atoms with E-state index < -0.39 is 0 Å². The molecular formula is C14H13BrN2O. The van der Waals surface area contributed by atoms with Gasteiger partial charge < -0.3 is 10.1 Å². The van der Waals surface area contributed by atoms with E-state index in [-0.39, 0.29) is 6.10 Å². The van der Waals surface area contributed by atoms with E-state index in [2.05, 4.69) is 32.3 Å². The summed E-state index contributed by atoms with van der Waals surface area (Å²) >= 11 is 3.37. The van der Waals surface area contributed by atoms with Crippen molar-refractivity contribution in [2.75, 3.05) is 11.9 Å². The Kier molecular flexibility index (Phi) is 3.19. The van der Waals surface area contributed by atoms with E-state index in [4.69, 9.17) is 4.74 Å². The quantitative estimate of drug-likeness (QED) is 0.945. The van der Waals surface area contributed by atoms with Crippen LogP contribution in [0.5, 0.6) is 5.75 Å². The number of anilines is 1. The molecule has 0 saturated heterocycles. The number of hydrogen-bond acceptors (Lipinski definition) is 3. The molecule has 2 aromatic rings. The molecule has 2 heterocycles. The van der Waals surface area contributed by atoms with Crippen LogP contribution < -0.4 is 10.1 Å². The van der Waals surface area contributed by atoms with Crippen LogP contribution >= 0.6 is 15.9 Å². The average Bonchev–Trinajstić information content (AvgIpc) is 2.81. The zero-order chi connectivity index (χ0) is 12.4. The summed E-state index contributed by atoms with van der Waals surface area (Å²) in [5.41, 5.74) is 1.29. The molecule has 0 fully saturated rings. The third kappa shape index (κ3) is 2.48. The number of fused-ring (bicyclic) bond motifs is 1. The summed E-state index contributed by atoms with van der Waals surface area (Å²) < 4.78 is 6.84. The highest BCUT2D eigenvalue weighted by Crippen LogP contribution is 2.28. The molecule has 18 heavy (non-hydrogen) atoms. The van der Waals surface area contributed by atoms with Crippen molar-refractivity contribution in [1.29, 1.82) is 0 Å². The van der Waals surface area contributed by atoms with Crippen LogP contribution in [0.2, 0.25) is 0 Å². The summed E-state index contributed by atoms with van der Waals surface area (Å²) in [7, 11) is 0. The van der Waals surface area contributed by atoms with Gasteiger partial charge in [0.2, 0.25) is 0 Å². The summed E-state index contributed by atoms with van der Waals surface area (Å²) in [6.45, 7) is 0.767. The minimum absolute atomic E-state index is 0.188. The van der Waals surface area contributed by atoms with Gasteiger partial charge in [-0.05, 0) is 39.7 Å². The van der Waals surface area contributed by atoms with E-state index in [1.165, 1.54) is 5.56 Å². The third-order valence-electron chi connectivity index (χ3n) is 2.95. The first-order valence-electron chi connectivity index (χ1n) is 5.91. The lowest BCUT2D eigenvalue weighted by atomic mass is 10.1. The van der Waals surface area contributed by atoms with E-state index >= 15 is 0 Å². The number of nitrogens with one attached hydrogen (secondary N) is 1. The van der Waals surface area contributed by atoms with Gasteiger partial charge in [0, 0.05) is 17.1 Å². The second-order valence-electron chi connectivity index (χ2n) is 4.29. The average molecular weight is 305 g/mol. The molecule has 1 unspecified atom stereocenters. The first-order valence-corrected chi connectivity index (χ1v) is 6.70. The highest BCUT2D eigenvalue weighted by molar-refractivity contribution is 9.10. The van der Waals surface area contributed by atoms with Crippen molar-refractivity contribution in [1.82, 2.24) is 4.98 Å². The number of pyridine rings is 1. The lowest BCUT2D eigenvalue weighted by molar-refractivity contribution is 0.246. The Hall–Kier alpha value is -1.55. The first-order chi connectivity index (χ1) is 8.81. The zero-order valence-corrected chi connectivity index (χ0v) is 11.4. The normalized spacial score (nSPS) is 17.1. The zero-order valence-electron chi connectivity index (χ0n) is 9.77. The second-order valence-corrected chi connectivity index (χ2v) is 5.21. The highest BCUT2D eigenvalue weighted by Gasteiger charge is 2.21. The fourth-order valence-corrected chi connectivity index (χ4v) is 2.30. The number of para-hydroxylation sites is 1. The highest BCUT2D eigenvalue weighted by atomic mass is 79.9. The minimum atomic E-state index is 0.188. The van der Waals surface area contributed by atoms with Crippen LogP contribution in [0.25, 0.3) is 0 Å². The number of rotatable bonds is 3. The lowest BCUT2D eigenvalue weighted by Gasteiger charge is -2.12. The van der Waals surface area contributed by atoms with Crippen molar-refractivity contribution in [3.8, 4) is 5.75 Å². The van der Waals surface area contributed by atoms with Gasteiger partial charge in [-0.1, -0.05) is 18.2 Å². The number of benzene rings is 1. The standard InChI is InChI=1S/C14H13BrN2O/c15-11-5-6-14(16-8-11)17-9-12-7-10-3-1-2-4-13(10)18-12/h1-6,8,12H,7,9H2,(H,16,17). The smallest absolute Gasteiger partial charge is 0.126 e. The summed E-state index contributed by atoms with van der Waals surface area (Å²) in [4.78, 5) is 4.27. The number of hydrogen-bond donors (Lipinski definition) is 1. The molecule has 0 saturated carbocycles. The number of nitrogens with zero attached hydrogens (tertiary/aromatic N) is 1. The SMILES string of the molecule is Brc1ccc(NCC2Cc3ccccc3O2)nc1. The van der Waals surface area contributed by atoms with Gasteiger partial charge in [0.05, 0.1) is 6.54 Å². The summed E-state index contributed by atoms with van der Waals surface area (Å²) in [5, 5.41) is 3.29. The Bertz CT molecular complexity index is 517. The van der Waals surface area contributed by atoms with E-state index in [1.807, 2.05) is 30.3 Å². The molecule has 1 aliphatic heterocycles. The predicted molar refractivity (Wildman–Crippen MR) is 75.0 cm³/mol. The Morgan fingerprint density at radius 1 is 1.28 bits per heavy atom. The topological polar surface area (TPSA) is 34.1 Å². The predicted octanol–water partition coefficient (Wildman–Crippen LogP) is 3.26. The van der Waals surface area contributed by atoms with Crippen LogP contribution in [0.15, 0.2) is 47.1 Å². The molecule has 0 radical (unpaired) electrons. The molecule has 1 N–H and O–H groups in total. The lowest BCUT2D eigenvalue weighted by Crippen LogP contribution is -2.24. The van der Waals surface area contributed by atoms with Crippen molar-refractivity contribution in [3.63, 3.8) is 0 Å². The molecule has 3 nitrogen and oxygen atoms in total. The van der Waals surface area contributed by atoms with Gasteiger partial charge >= 0.3 is 0 Å². The fraction of sp³-hybridized carbons (Fsp3) is 0.214. The monoisotopic (exact) mass is 304 g/mol. The molecule has 1 aromatic carbocycles. The Labute approximate surface area is 114 Å². The second kappa shape index (κ2) is 4.98. The van der Waals surface area contributed by atoms with E-state index in [9.17, 15) is 0 Å². The molecular weight excluding hydrogens is 292 g/mol. The van der Waals surface area contributed by atoms with Crippen molar-refractivity contribution in [3.05, 3.63) is 52.6 Å². The van der Waals surface area contributed by atoms with Crippen molar-refractivity contribution < 1.29 is 4.74 Å². The van der Waals surface area contributed by atoms with Crippen molar-refractivity contribution in [2.24, 2.45) is 0 Å². The van der Waals surface area contributed by atoms with Gasteiger partial charge in [-0.2, -0.15) is 0 Å². The van der Waals surface area contributed by atoms with Gasteiger partial charge in [0.1, 0.15) is 17.7 Å². The molecule has 1 aliphatic rings. The Morgan fingerprint density at radius 3 is 2.94 bits per heavy atom. The maximum absolute atomic E-state index is 5.85. The number of halogens is 1. The third-order valence-corrected chi connectivity index (χ3v) is 3.42. The van der Waals surface area contributed by atoms with Crippen LogP contribution in [-0.4, -0.2) is 17.6 Å². The van der Waals surface area contributed by atoms with Gasteiger partial charge in [-0.3, -0.25) is 0 Å². The molecule has 4 heteroatoms. The molecule has 0 aliphatic carbocycles. The van der Waals surface area contributed by atoms with Gasteiger partial charge in [-0.25, -0.2) is 4.98 Å². The summed E-state index contributed by atoms with van der Waals surface area (Å²) in [6.07, 6.45) is 2.93. The largest absolute Gasteiger partial charge is 0.488 e. The number of aromatic nitrogens is 1. The molecule has 0 amide bonds. The van der Waals surface area contributed by atoms with Gasteiger partial charge in [0.15, 0.2) is 0 Å². The van der Waals surface area contributed by atoms with E-state index in [1.54, 1.807) is 6.20 Å². The maximum atomic E-state index is 5.85. The van der Waals surface area contributed by atoms with Crippen molar-refractivity contribution in [2.45, 2.75) is 12.5 Å². The Balaban J connectivity index is 1.58. The van der Waals surface area contributed by atoms with Crippen LogP contribution in [0, 0.1) is 0 Å². The molecule has 92 valence electrons. The van der Waals surface area contributed by atoms with Crippen LogP contribution in [0.4, 0.5) is 5.82 Å². The van der Waals surface area contributed by atoms with Crippen LogP contribution in [-0.2, 0) is 6.42 Å². The maximum Gasteiger partial charge on any atom is 0.126 e. The molecule has 0 bridgehead atoms. The summed E-state index contributed by atoms with van der Waals surface area (Å²) in [5.74, 6) is 1.88. The van der Waals surface area contributed by atoms with Crippen LogP contribution in [0.1, 0.15) is 5.56 Å². The Morgan fingerprint density at radius 2 is 2.17 bits per heavy atom. The minimum Gasteiger partial charge on any atom is -0.488 e. The van der Waals surface area contributed by atoms with Gasteiger partial charge in [0.25, 0.3) is 0 Å².